The molecule has 2 aromatic rings. The van der Waals surface area contributed by atoms with E-state index in [1.54, 1.807) is 12.3 Å². The molecule has 0 fully saturated rings. The predicted octanol–water partition coefficient (Wildman–Crippen LogP) is 1.37. The second kappa shape index (κ2) is 3.57. The lowest BCUT2D eigenvalue weighted by molar-refractivity contribution is -0.113. The summed E-state index contributed by atoms with van der Waals surface area (Å²) >= 11 is 0. The van der Waals surface area contributed by atoms with E-state index in [1.165, 1.54) is 6.08 Å². The van der Waals surface area contributed by atoms with Crippen molar-refractivity contribution >= 4 is 22.9 Å². The molecule has 0 bridgehead atoms. The zero-order valence-corrected chi connectivity index (χ0v) is 8.32. The van der Waals surface area contributed by atoms with Crippen molar-refractivity contribution in [3.8, 4) is 0 Å². The van der Waals surface area contributed by atoms with Crippen LogP contribution in [0.2, 0.25) is 0 Å². The summed E-state index contributed by atoms with van der Waals surface area (Å²) in [5.74, 6) is -0.443. The zero-order valence-electron chi connectivity index (χ0n) is 8.32. The van der Waals surface area contributed by atoms with Crippen LogP contribution in [0.5, 0.6) is 0 Å². The van der Waals surface area contributed by atoms with E-state index in [2.05, 4.69) is 10.2 Å². The number of aromatic amines is 1. The van der Waals surface area contributed by atoms with Gasteiger partial charge in [-0.15, -0.1) is 0 Å². The summed E-state index contributed by atoms with van der Waals surface area (Å²) in [7, 11) is 0. The van der Waals surface area contributed by atoms with Gasteiger partial charge < -0.3 is 5.73 Å². The molecule has 2 rings (SSSR count). The summed E-state index contributed by atoms with van der Waals surface area (Å²) < 4.78 is 0. The first kappa shape index (κ1) is 9.45. The fourth-order valence-electron chi connectivity index (χ4n) is 1.47. The smallest absolute Gasteiger partial charge is 0.241 e. The minimum atomic E-state index is -0.443. The molecule has 0 radical (unpaired) electrons. The number of nitrogens with two attached hydrogens (primary N) is 1. The van der Waals surface area contributed by atoms with Crippen molar-refractivity contribution in [2.24, 2.45) is 5.73 Å². The first-order valence-electron chi connectivity index (χ1n) is 4.58. The Morgan fingerprint density at radius 3 is 3.07 bits per heavy atom. The number of primary amides is 1. The second-order valence-corrected chi connectivity index (χ2v) is 3.40. The number of carbonyl (C=O) groups excluding carboxylic acids is 1. The molecule has 76 valence electrons. The standard InChI is InChI=1S/C11H11N3O/c1-7-4-10-9(6-13-14-10)5-8(7)2-3-11(12)15/h2-6H,1H3,(H2,12,15)(H,13,14). The molecule has 3 N–H and O–H groups in total. The Labute approximate surface area is 86.8 Å². The number of aromatic nitrogens is 2. The fraction of sp³-hybridized carbons (Fsp3) is 0.0909. The van der Waals surface area contributed by atoms with Gasteiger partial charge >= 0.3 is 0 Å². The molecule has 4 nitrogen and oxygen atoms in total. The van der Waals surface area contributed by atoms with E-state index >= 15 is 0 Å². The van der Waals surface area contributed by atoms with E-state index in [-0.39, 0.29) is 0 Å². The monoisotopic (exact) mass is 201 g/mol. The lowest BCUT2D eigenvalue weighted by Crippen LogP contribution is -2.05. The molecule has 4 heteroatoms. The van der Waals surface area contributed by atoms with Crippen molar-refractivity contribution in [1.82, 2.24) is 10.2 Å². The van der Waals surface area contributed by atoms with Gasteiger partial charge in [-0.2, -0.15) is 5.10 Å². The fourth-order valence-corrected chi connectivity index (χ4v) is 1.47. The van der Waals surface area contributed by atoms with E-state index in [0.29, 0.717) is 0 Å². The highest BCUT2D eigenvalue weighted by atomic mass is 16.1. The number of amides is 1. The van der Waals surface area contributed by atoms with Crippen molar-refractivity contribution in [3.05, 3.63) is 35.5 Å². The molecule has 0 aliphatic carbocycles. The average molecular weight is 201 g/mol. The van der Waals surface area contributed by atoms with Gasteiger partial charge in [0.15, 0.2) is 0 Å². The maximum absolute atomic E-state index is 10.6. The Hall–Kier alpha value is -2.10. The summed E-state index contributed by atoms with van der Waals surface area (Å²) in [6.07, 6.45) is 4.81. The quantitative estimate of drug-likeness (QED) is 0.720. The molecule has 0 aliphatic heterocycles. The molecular weight excluding hydrogens is 190 g/mol. The van der Waals surface area contributed by atoms with Crippen LogP contribution in [0.25, 0.3) is 17.0 Å². The molecular formula is C11H11N3O. The Morgan fingerprint density at radius 2 is 2.33 bits per heavy atom. The molecule has 15 heavy (non-hydrogen) atoms. The third-order valence-corrected chi connectivity index (χ3v) is 2.25. The van der Waals surface area contributed by atoms with Crippen LogP contribution in [-0.4, -0.2) is 16.1 Å². The minimum absolute atomic E-state index is 0.443. The number of aryl methyl sites for hydroxylation is 1. The Kier molecular flexibility index (Phi) is 2.25. The van der Waals surface area contributed by atoms with Crippen LogP contribution >= 0.6 is 0 Å². The zero-order chi connectivity index (χ0) is 10.8. The molecule has 1 heterocycles. The van der Waals surface area contributed by atoms with Crippen LogP contribution in [0.3, 0.4) is 0 Å². The number of nitrogens with one attached hydrogen (secondary N) is 1. The molecule has 0 spiro atoms. The van der Waals surface area contributed by atoms with Gasteiger partial charge in [0.1, 0.15) is 0 Å². The van der Waals surface area contributed by atoms with Crippen LogP contribution in [-0.2, 0) is 4.79 Å². The maximum atomic E-state index is 10.6. The van der Waals surface area contributed by atoms with E-state index in [4.69, 9.17) is 5.73 Å². The maximum Gasteiger partial charge on any atom is 0.241 e. The SMILES string of the molecule is Cc1cc2[nH]ncc2cc1C=CC(N)=O. The topological polar surface area (TPSA) is 71.8 Å². The Morgan fingerprint density at radius 1 is 1.53 bits per heavy atom. The van der Waals surface area contributed by atoms with Crippen LogP contribution in [0, 0.1) is 6.92 Å². The summed E-state index contributed by atoms with van der Waals surface area (Å²) in [5, 5.41) is 7.84. The van der Waals surface area contributed by atoms with E-state index in [0.717, 1.165) is 22.0 Å². The average Bonchev–Trinajstić information content (AvgIpc) is 2.60. The van der Waals surface area contributed by atoms with Gasteiger partial charge in [-0.05, 0) is 36.3 Å². The second-order valence-electron chi connectivity index (χ2n) is 3.40. The summed E-state index contributed by atoms with van der Waals surface area (Å²) in [6.45, 7) is 1.97. The molecule has 1 aromatic heterocycles. The summed E-state index contributed by atoms with van der Waals surface area (Å²) in [6, 6.07) is 3.95. The normalized spacial score (nSPS) is 11.3. The number of hydrogen-bond donors (Lipinski definition) is 2. The van der Waals surface area contributed by atoms with E-state index < -0.39 is 5.91 Å². The summed E-state index contributed by atoms with van der Waals surface area (Å²) in [5.41, 5.74) is 8.08. The van der Waals surface area contributed by atoms with Crippen molar-refractivity contribution in [3.63, 3.8) is 0 Å². The van der Waals surface area contributed by atoms with Gasteiger partial charge in [0.25, 0.3) is 0 Å². The van der Waals surface area contributed by atoms with Crippen molar-refractivity contribution in [2.45, 2.75) is 6.92 Å². The molecule has 1 amide bonds. The molecule has 1 aromatic carbocycles. The first-order valence-corrected chi connectivity index (χ1v) is 4.58. The number of H-pyrrole nitrogens is 1. The predicted molar refractivity (Wildman–Crippen MR) is 59.1 cm³/mol. The number of nitrogens with zero attached hydrogens (tertiary/aromatic N) is 1. The van der Waals surface area contributed by atoms with Crippen molar-refractivity contribution < 1.29 is 4.79 Å². The molecule has 0 saturated carbocycles. The lowest BCUT2D eigenvalue weighted by Gasteiger charge is -1.99. The van der Waals surface area contributed by atoms with Crippen LogP contribution in [0.1, 0.15) is 11.1 Å². The van der Waals surface area contributed by atoms with Gasteiger partial charge in [0, 0.05) is 11.5 Å². The minimum Gasteiger partial charge on any atom is -0.366 e. The number of benzene rings is 1. The Bertz CT molecular complexity index is 540. The number of hydrogen-bond acceptors (Lipinski definition) is 2. The Balaban J connectivity index is 2.50. The number of fused-ring (bicyclic) bond motifs is 1. The highest BCUT2D eigenvalue weighted by Gasteiger charge is 2.00. The van der Waals surface area contributed by atoms with Gasteiger partial charge in [0.2, 0.25) is 5.91 Å². The molecule has 0 unspecified atom stereocenters. The summed E-state index contributed by atoms with van der Waals surface area (Å²) in [4.78, 5) is 10.6. The van der Waals surface area contributed by atoms with Gasteiger partial charge in [-0.3, -0.25) is 9.89 Å². The lowest BCUT2D eigenvalue weighted by atomic mass is 10.1. The third-order valence-electron chi connectivity index (χ3n) is 2.25. The van der Waals surface area contributed by atoms with E-state index in [9.17, 15) is 4.79 Å². The number of carbonyl (C=O) groups is 1. The van der Waals surface area contributed by atoms with Crippen molar-refractivity contribution in [2.75, 3.05) is 0 Å². The van der Waals surface area contributed by atoms with Crippen LogP contribution < -0.4 is 5.73 Å². The first-order chi connectivity index (χ1) is 7.16. The van der Waals surface area contributed by atoms with E-state index in [1.807, 2.05) is 19.1 Å². The number of rotatable bonds is 2. The molecule has 0 atom stereocenters. The third kappa shape index (κ3) is 1.88. The van der Waals surface area contributed by atoms with Crippen LogP contribution in [0.15, 0.2) is 24.4 Å². The van der Waals surface area contributed by atoms with Gasteiger partial charge in [0.05, 0.1) is 11.7 Å². The molecule has 0 saturated heterocycles. The van der Waals surface area contributed by atoms with Gasteiger partial charge in [-0.1, -0.05) is 0 Å². The molecule has 0 aliphatic rings. The largest absolute Gasteiger partial charge is 0.366 e. The van der Waals surface area contributed by atoms with Crippen LogP contribution in [0.4, 0.5) is 0 Å². The van der Waals surface area contributed by atoms with Crippen molar-refractivity contribution in [1.29, 1.82) is 0 Å². The van der Waals surface area contributed by atoms with Gasteiger partial charge in [-0.25, -0.2) is 0 Å². The highest BCUT2D eigenvalue weighted by Crippen LogP contribution is 2.18. The highest BCUT2D eigenvalue weighted by molar-refractivity contribution is 5.91.